The Morgan fingerprint density at radius 2 is 1.58 bits per heavy atom. The summed E-state index contributed by atoms with van der Waals surface area (Å²) in [5.41, 5.74) is 1.78. The van der Waals surface area contributed by atoms with Gasteiger partial charge in [-0.3, -0.25) is 4.79 Å². The van der Waals surface area contributed by atoms with Crippen LogP contribution in [0.4, 0.5) is 4.79 Å². The van der Waals surface area contributed by atoms with E-state index >= 15 is 0 Å². The van der Waals surface area contributed by atoms with Gasteiger partial charge in [0.2, 0.25) is 15.9 Å². The van der Waals surface area contributed by atoms with Crippen LogP contribution in [0.2, 0.25) is 0 Å². The van der Waals surface area contributed by atoms with E-state index in [1.807, 2.05) is 30.3 Å². The minimum absolute atomic E-state index is 0.0218. The minimum Gasteiger partial charge on any atom is -0.450 e. The fourth-order valence-corrected chi connectivity index (χ4v) is 4.94. The third kappa shape index (κ3) is 6.79. The molecule has 1 aliphatic rings. The molecule has 0 spiro atoms. The molecule has 8 nitrogen and oxygen atoms in total. The minimum atomic E-state index is -3.66. The number of nitrogens with one attached hydrogen (secondary N) is 1. The van der Waals surface area contributed by atoms with Crippen molar-refractivity contribution in [3.8, 4) is 0 Å². The Labute approximate surface area is 195 Å². The molecule has 0 bridgehead atoms. The Hall–Kier alpha value is -2.91. The number of piperazine rings is 1. The summed E-state index contributed by atoms with van der Waals surface area (Å²) >= 11 is 0. The summed E-state index contributed by atoms with van der Waals surface area (Å²) in [7, 11) is -3.66. The van der Waals surface area contributed by atoms with Gasteiger partial charge in [0.25, 0.3) is 0 Å². The first-order valence-electron chi connectivity index (χ1n) is 11.2. The number of aryl methyl sites for hydroxylation is 1. The molecular weight excluding hydrogens is 442 g/mol. The van der Waals surface area contributed by atoms with Crippen LogP contribution in [0.5, 0.6) is 0 Å². The maximum atomic E-state index is 12.7. The van der Waals surface area contributed by atoms with Crippen LogP contribution in [-0.4, -0.2) is 63.0 Å². The zero-order chi connectivity index (χ0) is 23.8. The van der Waals surface area contributed by atoms with Crippen molar-refractivity contribution >= 4 is 22.0 Å². The van der Waals surface area contributed by atoms with Crippen molar-refractivity contribution in [1.82, 2.24) is 14.5 Å². The lowest BCUT2D eigenvalue weighted by Crippen LogP contribution is -2.50. The molecule has 1 fully saturated rings. The molecule has 2 aromatic carbocycles. The molecule has 1 N–H and O–H groups in total. The summed E-state index contributed by atoms with van der Waals surface area (Å²) in [6.07, 6.45) is 0.507. The van der Waals surface area contributed by atoms with Gasteiger partial charge in [0.1, 0.15) is 0 Å². The standard InChI is InChI=1S/C24H31N3O5S/c1-3-32-24(29)27-17-15-26(16-18-27)23(28)14-11-20-9-12-22(13-10-20)33(30,31)25-19(2)21-7-5-4-6-8-21/h4-10,12-13,19,25H,3,11,14-18H2,1-2H3/t19-/m0/s1. The van der Waals surface area contributed by atoms with Crippen LogP contribution in [0.1, 0.15) is 37.4 Å². The summed E-state index contributed by atoms with van der Waals surface area (Å²) in [6, 6.07) is 15.7. The van der Waals surface area contributed by atoms with Crippen molar-refractivity contribution in [3.05, 3.63) is 65.7 Å². The average molecular weight is 474 g/mol. The van der Waals surface area contributed by atoms with E-state index in [2.05, 4.69) is 4.72 Å². The van der Waals surface area contributed by atoms with Gasteiger partial charge in [-0.1, -0.05) is 42.5 Å². The molecule has 0 aliphatic carbocycles. The third-order valence-corrected chi connectivity index (χ3v) is 7.21. The molecule has 1 heterocycles. The lowest BCUT2D eigenvalue weighted by atomic mass is 10.1. The van der Waals surface area contributed by atoms with E-state index in [0.717, 1.165) is 11.1 Å². The second-order valence-corrected chi connectivity index (χ2v) is 9.68. The van der Waals surface area contributed by atoms with Crippen LogP contribution in [0.3, 0.4) is 0 Å². The van der Waals surface area contributed by atoms with Gasteiger partial charge in [-0.2, -0.15) is 0 Å². The Morgan fingerprint density at radius 1 is 0.970 bits per heavy atom. The monoisotopic (exact) mass is 473 g/mol. The van der Waals surface area contributed by atoms with Crippen LogP contribution in [0, 0.1) is 0 Å². The number of carbonyl (C=O) groups is 2. The molecular formula is C24H31N3O5S. The predicted octanol–water partition coefficient (Wildman–Crippen LogP) is 2.96. The molecule has 1 atom stereocenters. The second-order valence-electron chi connectivity index (χ2n) is 7.96. The topological polar surface area (TPSA) is 96.0 Å². The number of amides is 2. The Kier molecular flexibility index (Phi) is 8.46. The number of sulfonamides is 1. The van der Waals surface area contributed by atoms with E-state index in [-0.39, 0.29) is 22.9 Å². The highest BCUT2D eigenvalue weighted by Gasteiger charge is 2.24. The van der Waals surface area contributed by atoms with E-state index in [1.54, 1.807) is 47.9 Å². The molecule has 2 amide bonds. The Bertz CT molecular complexity index is 1030. The quantitative estimate of drug-likeness (QED) is 0.636. The first-order chi connectivity index (χ1) is 15.8. The first kappa shape index (κ1) is 24.7. The highest BCUT2D eigenvalue weighted by Crippen LogP contribution is 2.18. The average Bonchev–Trinajstić information content (AvgIpc) is 2.83. The van der Waals surface area contributed by atoms with Gasteiger partial charge in [0.15, 0.2) is 0 Å². The smallest absolute Gasteiger partial charge is 0.409 e. The molecule has 9 heteroatoms. The summed E-state index contributed by atoms with van der Waals surface area (Å²) < 4.78 is 33.1. The second kappa shape index (κ2) is 11.3. The normalized spacial score (nSPS) is 15.2. The predicted molar refractivity (Wildman–Crippen MR) is 125 cm³/mol. The highest BCUT2D eigenvalue weighted by molar-refractivity contribution is 7.89. The summed E-state index contributed by atoms with van der Waals surface area (Å²) in [5.74, 6) is 0.0218. The lowest BCUT2D eigenvalue weighted by molar-refractivity contribution is -0.132. The number of hydrogen-bond acceptors (Lipinski definition) is 5. The van der Waals surface area contributed by atoms with Crippen molar-refractivity contribution in [3.63, 3.8) is 0 Å². The number of rotatable bonds is 8. The molecule has 0 aromatic heterocycles. The SMILES string of the molecule is CCOC(=O)N1CCN(C(=O)CCc2ccc(S(=O)(=O)N[C@@H](C)c3ccccc3)cc2)CC1. The van der Waals surface area contributed by atoms with Crippen molar-refractivity contribution in [2.45, 2.75) is 37.6 Å². The maximum absolute atomic E-state index is 12.7. The van der Waals surface area contributed by atoms with Gasteiger partial charge in [-0.25, -0.2) is 17.9 Å². The van der Waals surface area contributed by atoms with E-state index in [1.165, 1.54) is 0 Å². The third-order valence-electron chi connectivity index (χ3n) is 5.65. The molecule has 33 heavy (non-hydrogen) atoms. The van der Waals surface area contributed by atoms with Crippen LogP contribution in [-0.2, 0) is 26.0 Å². The molecule has 178 valence electrons. The Balaban J connectivity index is 1.49. The zero-order valence-electron chi connectivity index (χ0n) is 19.1. The van der Waals surface area contributed by atoms with Crippen molar-refractivity contribution in [2.24, 2.45) is 0 Å². The van der Waals surface area contributed by atoms with Crippen molar-refractivity contribution in [2.75, 3.05) is 32.8 Å². The van der Waals surface area contributed by atoms with Gasteiger partial charge < -0.3 is 14.5 Å². The van der Waals surface area contributed by atoms with Crippen molar-refractivity contribution < 1.29 is 22.7 Å². The lowest BCUT2D eigenvalue weighted by Gasteiger charge is -2.34. The van der Waals surface area contributed by atoms with E-state index in [9.17, 15) is 18.0 Å². The molecule has 1 saturated heterocycles. The van der Waals surface area contributed by atoms with Crippen LogP contribution in [0.15, 0.2) is 59.5 Å². The summed E-state index contributed by atoms with van der Waals surface area (Å²) in [4.78, 5) is 27.9. The van der Waals surface area contributed by atoms with Crippen LogP contribution >= 0.6 is 0 Å². The molecule has 2 aromatic rings. The first-order valence-corrected chi connectivity index (χ1v) is 12.6. The van der Waals surface area contributed by atoms with Crippen molar-refractivity contribution in [1.29, 1.82) is 0 Å². The summed E-state index contributed by atoms with van der Waals surface area (Å²) in [6.45, 7) is 5.80. The van der Waals surface area contributed by atoms with E-state index in [4.69, 9.17) is 4.74 Å². The van der Waals surface area contributed by atoms with Gasteiger partial charge in [-0.15, -0.1) is 0 Å². The highest BCUT2D eigenvalue weighted by atomic mass is 32.2. The number of carbonyl (C=O) groups excluding carboxylic acids is 2. The molecule has 0 saturated carbocycles. The van der Waals surface area contributed by atoms with Crippen LogP contribution in [0.25, 0.3) is 0 Å². The van der Waals surface area contributed by atoms with Crippen LogP contribution < -0.4 is 4.72 Å². The fraction of sp³-hybridized carbons (Fsp3) is 0.417. The number of benzene rings is 2. The van der Waals surface area contributed by atoms with E-state index in [0.29, 0.717) is 45.6 Å². The molecule has 0 radical (unpaired) electrons. The number of hydrogen-bond donors (Lipinski definition) is 1. The largest absolute Gasteiger partial charge is 0.450 e. The molecule has 3 rings (SSSR count). The van der Waals surface area contributed by atoms with Gasteiger partial charge in [-0.05, 0) is 43.5 Å². The fourth-order valence-electron chi connectivity index (χ4n) is 3.71. The molecule has 1 aliphatic heterocycles. The van der Waals surface area contributed by atoms with Gasteiger partial charge in [0.05, 0.1) is 11.5 Å². The number of nitrogens with zero attached hydrogens (tertiary/aromatic N) is 2. The number of ether oxygens (including phenoxy) is 1. The Morgan fingerprint density at radius 3 is 2.18 bits per heavy atom. The maximum Gasteiger partial charge on any atom is 0.409 e. The van der Waals surface area contributed by atoms with Gasteiger partial charge in [0, 0.05) is 38.6 Å². The summed E-state index contributed by atoms with van der Waals surface area (Å²) in [5, 5.41) is 0. The zero-order valence-corrected chi connectivity index (χ0v) is 19.9. The molecule has 0 unspecified atom stereocenters. The van der Waals surface area contributed by atoms with Gasteiger partial charge >= 0.3 is 6.09 Å². The van der Waals surface area contributed by atoms with E-state index < -0.39 is 10.0 Å².